The molecule has 0 amide bonds. The second-order valence-electron chi connectivity index (χ2n) is 6.37. The average molecular weight is 371 g/mol. The predicted molar refractivity (Wildman–Crippen MR) is 111 cm³/mol. The van der Waals surface area contributed by atoms with E-state index in [4.69, 9.17) is 9.84 Å². The van der Waals surface area contributed by atoms with Gasteiger partial charge in [-0.15, -0.1) is 0 Å². The van der Waals surface area contributed by atoms with Crippen LogP contribution in [-0.2, 0) is 0 Å². The van der Waals surface area contributed by atoms with Gasteiger partial charge in [-0.1, -0.05) is 65.9 Å². The van der Waals surface area contributed by atoms with Crippen molar-refractivity contribution < 1.29 is 4.74 Å². The summed E-state index contributed by atoms with van der Waals surface area (Å²) in [5, 5.41) is 5.50. The van der Waals surface area contributed by atoms with E-state index in [9.17, 15) is 0 Å². The third-order valence-electron chi connectivity index (χ3n) is 4.60. The van der Waals surface area contributed by atoms with Gasteiger partial charge in [-0.05, 0) is 29.8 Å². The van der Waals surface area contributed by atoms with Crippen LogP contribution in [-0.4, -0.2) is 10.7 Å². The van der Waals surface area contributed by atoms with Crippen LogP contribution in [0.15, 0.2) is 84.0 Å². The van der Waals surface area contributed by atoms with Crippen LogP contribution in [0, 0.1) is 0 Å². The summed E-state index contributed by atoms with van der Waals surface area (Å²) in [5.41, 5.74) is 7.30. The Hall–Kier alpha value is -3.18. The SMILES string of the molecule is c1ccc(C2CC(=NNc3nc4ccccc4s3)c3ccccc3O2)cc1. The molecule has 27 heavy (non-hydrogen) atoms. The Morgan fingerprint density at radius 2 is 1.70 bits per heavy atom. The van der Waals surface area contributed by atoms with Gasteiger partial charge in [0.05, 0.1) is 15.9 Å². The number of fused-ring (bicyclic) bond motifs is 2. The molecule has 0 saturated heterocycles. The molecular formula is C22H17N3OS. The Morgan fingerprint density at radius 1 is 0.926 bits per heavy atom. The monoisotopic (exact) mass is 371 g/mol. The van der Waals surface area contributed by atoms with Crippen LogP contribution in [0.2, 0.25) is 0 Å². The van der Waals surface area contributed by atoms with E-state index in [1.54, 1.807) is 11.3 Å². The van der Waals surface area contributed by atoms with E-state index in [-0.39, 0.29) is 6.10 Å². The van der Waals surface area contributed by atoms with Crippen molar-refractivity contribution >= 4 is 32.4 Å². The second-order valence-corrected chi connectivity index (χ2v) is 7.41. The van der Waals surface area contributed by atoms with Crippen LogP contribution >= 0.6 is 11.3 Å². The Kier molecular flexibility index (Phi) is 4.07. The summed E-state index contributed by atoms with van der Waals surface area (Å²) in [5.74, 6) is 0.863. The van der Waals surface area contributed by atoms with Gasteiger partial charge in [0.1, 0.15) is 11.9 Å². The van der Waals surface area contributed by atoms with Gasteiger partial charge < -0.3 is 4.74 Å². The molecule has 1 N–H and O–H groups in total. The maximum Gasteiger partial charge on any atom is 0.204 e. The highest BCUT2D eigenvalue weighted by molar-refractivity contribution is 7.22. The summed E-state index contributed by atoms with van der Waals surface area (Å²) in [6.07, 6.45) is 0.663. The number of ether oxygens (including phenoxy) is 1. The largest absolute Gasteiger partial charge is 0.485 e. The standard InChI is InChI=1S/C22H17N3OS/c1-2-8-15(9-3-1)20-14-18(16-10-4-6-12-19(16)26-20)24-25-22-23-17-11-5-7-13-21(17)27-22/h1-13,20H,14H2,(H,23,25). The lowest BCUT2D eigenvalue weighted by molar-refractivity contribution is 0.206. The van der Waals surface area contributed by atoms with Crippen LogP contribution < -0.4 is 10.2 Å². The Morgan fingerprint density at radius 3 is 2.59 bits per heavy atom. The Balaban J connectivity index is 1.48. The number of hydrogen-bond acceptors (Lipinski definition) is 5. The van der Waals surface area contributed by atoms with Crippen molar-refractivity contribution in [3.05, 3.63) is 90.0 Å². The van der Waals surface area contributed by atoms with Crippen LogP contribution in [0.25, 0.3) is 10.2 Å². The van der Waals surface area contributed by atoms with Gasteiger partial charge in [-0.2, -0.15) is 5.10 Å². The number of anilines is 1. The molecule has 5 heteroatoms. The molecule has 132 valence electrons. The second kappa shape index (κ2) is 6.85. The minimum Gasteiger partial charge on any atom is -0.485 e. The highest BCUT2D eigenvalue weighted by Crippen LogP contribution is 2.35. The van der Waals surface area contributed by atoms with Crippen molar-refractivity contribution in [2.75, 3.05) is 5.43 Å². The minimum atomic E-state index is -0.0444. The van der Waals surface area contributed by atoms with Crippen molar-refractivity contribution in [1.29, 1.82) is 0 Å². The molecule has 0 bridgehead atoms. The molecule has 4 aromatic rings. The lowest BCUT2D eigenvalue weighted by Gasteiger charge is -2.27. The molecule has 1 unspecified atom stereocenters. The van der Waals surface area contributed by atoms with E-state index >= 15 is 0 Å². The molecule has 1 aliphatic heterocycles. The zero-order valence-electron chi connectivity index (χ0n) is 14.5. The zero-order valence-corrected chi connectivity index (χ0v) is 15.3. The Labute approximate surface area is 161 Å². The first-order valence-corrected chi connectivity index (χ1v) is 9.67. The highest BCUT2D eigenvalue weighted by atomic mass is 32.1. The summed E-state index contributed by atoms with van der Waals surface area (Å²) in [6, 6.07) is 26.4. The Bertz CT molecular complexity index is 1090. The van der Waals surface area contributed by atoms with Gasteiger partial charge in [-0.25, -0.2) is 4.98 Å². The maximum atomic E-state index is 6.23. The molecule has 1 atom stereocenters. The van der Waals surface area contributed by atoms with E-state index in [1.165, 1.54) is 0 Å². The van der Waals surface area contributed by atoms with Crippen molar-refractivity contribution in [2.45, 2.75) is 12.5 Å². The molecular weight excluding hydrogens is 354 g/mol. The molecule has 0 aliphatic carbocycles. The first-order chi connectivity index (χ1) is 13.4. The first kappa shape index (κ1) is 16.0. The number of rotatable bonds is 3. The van der Waals surface area contributed by atoms with E-state index in [0.717, 1.165) is 37.9 Å². The molecule has 0 saturated carbocycles. The fourth-order valence-electron chi connectivity index (χ4n) is 3.28. The van der Waals surface area contributed by atoms with Crippen molar-refractivity contribution in [3.63, 3.8) is 0 Å². The molecule has 1 aromatic heterocycles. The summed E-state index contributed by atoms with van der Waals surface area (Å²) in [6.45, 7) is 0. The third kappa shape index (κ3) is 3.17. The number of nitrogens with one attached hydrogen (secondary N) is 1. The van der Waals surface area contributed by atoms with Gasteiger partial charge in [0.2, 0.25) is 5.13 Å². The van der Waals surface area contributed by atoms with Gasteiger partial charge >= 0.3 is 0 Å². The lowest BCUT2D eigenvalue weighted by Crippen LogP contribution is -2.21. The number of nitrogens with zero attached hydrogens (tertiary/aromatic N) is 2. The molecule has 4 nitrogen and oxygen atoms in total. The molecule has 0 spiro atoms. The van der Waals surface area contributed by atoms with Crippen LogP contribution in [0.3, 0.4) is 0 Å². The number of benzene rings is 3. The molecule has 0 fully saturated rings. The summed E-state index contributed by atoms with van der Waals surface area (Å²) < 4.78 is 7.37. The normalized spacial score (nSPS) is 17.5. The summed E-state index contributed by atoms with van der Waals surface area (Å²) in [4.78, 5) is 4.60. The van der Waals surface area contributed by atoms with E-state index in [1.807, 2.05) is 54.6 Å². The van der Waals surface area contributed by atoms with Crippen molar-refractivity contribution in [3.8, 4) is 5.75 Å². The zero-order chi connectivity index (χ0) is 18.1. The van der Waals surface area contributed by atoms with Gasteiger partial charge in [0, 0.05) is 12.0 Å². The van der Waals surface area contributed by atoms with Crippen molar-refractivity contribution in [2.24, 2.45) is 5.10 Å². The van der Waals surface area contributed by atoms with Crippen LogP contribution in [0.4, 0.5) is 5.13 Å². The molecule has 5 rings (SSSR count). The number of thiazole rings is 1. The smallest absolute Gasteiger partial charge is 0.204 e. The van der Waals surface area contributed by atoms with E-state index in [2.05, 4.69) is 34.7 Å². The summed E-state index contributed by atoms with van der Waals surface area (Å²) >= 11 is 1.60. The first-order valence-electron chi connectivity index (χ1n) is 8.86. The quantitative estimate of drug-likeness (QED) is 0.474. The molecule has 3 aromatic carbocycles. The van der Waals surface area contributed by atoms with Crippen molar-refractivity contribution in [1.82, 2.24) is 4.98 Å². The molecule has 2 heterocycles. The predicted octanol–water partition coefficient (Wildman–Crippen LogP) is 5.64. The van der Waals surface area contributed by atoms with Gasteiger partial charge in [-0.3, -0.25) is 5.43 Å². The fraction of sp³-hybridized carbons (Fsp3) is 0.0909. The number of para-hydroxylation sites is 2. The van der Waals surface area contributed by atoms with Crippen LogP contribution in [0.1, 0.15) is 23.7 Å². The number of hydrogen-bond donors (Lipinski definition) is 1. The van der Waals surface area contributed by atoms with Crippen LogP contribution in [0.5, 0.6) is 5.75 Å². The van der Waals surface area contributed by atoms with E-state index < -0.39 is 0 Å². The summed E-state index contributed by atoms with van der Waals surface area (Å²) in [7, 11) is 0. The average Bonchev–Trinajstić information content (AvgIpc) is 3.15. The minimum absolute atomic E-state index is 0.0444. The number of aromatic nitrogens is 1. The maximum absolute atomic E-state index is 6.23. The van der Waals surface area contributed by atoms with E-state index in [0.29, 0.717) is 6.42 Å². The molecule has 0 radical (unpaired) electrons. The molecule has 1 aliphatic rings. The lowest BCUT2D eigenvalue weighted by atomic mass is 9.96. The number of hydrazone groups is 1. The van der Waals surface area contributed by atoms with Gasteiger partial charge in [0.25, 0.3) is 0 Å². The highest BCUT2D eigenvalue weighted by Gasteiger charge is 2.26. The fourth-order valence-corrected chi connectivity index (χ4v) is 4.09. The topological polar surface area (TPSA) is 46.5 Å². The third-order valence-corrected chi connectivity index (χ3v) is 5.54. The van der Waals surface area contributed by atoms with Gasteiger partial charge in [0.15, 0.2) is 0 Å².